The molecule has 5 rings (SSSR count). The first-order chi connectivity index (χ1) is 17.6. The number of ether oxygens (including phenoxy) is 1. The number of methoxy groups -OCH3 is 1. The normalized spacial score (nSPS) is 20.5. The number of hydrogen-bond acceptors (Lipinski definition) is 6. The lowest BCUT2D eigenvalue weighted by atomic mass is 9.83. The second kappa shape index (κ2) is 11.2. The Balaban J connectivity index is 1.23. The maximum atomic E-state index is 13.3. The molecule has 0 unspecified atom stereocenters. The average Bonchev–Trinajstić information content (AvgIpc) is 3.19. The Kier molecular flexibility index (Phi) is 7.60. The smallest absolute Gasteiger partial charge is 0.335 e. The summed E-state index contributed by atoms with van der Waals surface area (Å²) in [5, 5.41) is 0. The van der Waals surface area contributed by atoms with E-state index in [2.05, 4.69) is 34.1 Å². The van der Waals surface area contributed by atoms with Crippen molar-refractivity contribution in [1.29, 1.82) is 0 Å². The van der Waals surface area contributed by atoms with Crippen molar-refractivity contribution in [2.75, 3.05) is 20.2 Å². The number of aromatic nitrogens is 4. The van der Waals surface area contributed by atoms with Crippen LogP contribution >= 0.6 is 0 Å². The lowest BCUT2D eigenvalue weighted by Crippen LogP contribution is -2.30. The number of carbonyl (C=O) groups is 1. The van der Waals surface area contributed by atoms with E-state index in [1.165, 1.54) is 18.2 Å². The third-order valence-electron chi connectivity index (χ3n) is 7.77. The van der Waals surface area contributed by atoms with Gasteiger partial charge in [0.15, 0.2) is 0 Å². The van der Waals surface area contributed by atoms with Gasteiger partial charge in [0.2, 0.25) is 5.95 Å². The van der Waals surface area contributed by atoms with Crippen molar-refractivity contribution < 1.29 is 9.53 Å². The molecule has 0 bridgehead atoms. The summed E-state index contributed by atoms with van der Waals surface area (Å²) in [5.41, 5.74) is 3.46. The highest BCUT2D eigenvalue weighted by molar-refractivity contribution is 5.69. The van der Waals surface area contributed by atoms with Crippen LogP contribution in [0.4, 0.5) is 0 Å². The Morgan fingerprint density at radius 1 is 1.06 bits per heavy atom. The van der Waals surface area contributed by atoms with Crippen LogP contribution in [0.1, 0.15) is 61.4 Å². The van der Waals surface area contributed by atoms with E-state index in [-0.39, 0.29) is 17.7 Å². The molecule has 8 heteroatoms. The molecule has 0 atom stereocenters. The number of rotatable bonds is 7. The van der Waals surface area contributed by atoms with Gasteiger partial charge in [0.05, 0.1) is 12.8 Å². The van der Waals surface area contributed by atoms with Crippen molar-refractivity contribution in [2.45, 2.75) is 64.0 Å². The molecule has 3 heterocycles. The lowest BCUT2D eigenvalue weighted by Gasteiger charge is -2.28. The predicted molar refractivity (Wildman–Crippen MR) is 137 cm³/mol. The molecular formula is C28H35N5O3. The number of carbonyl (C=O) groups excluding carboxylic acids is 1. The highest BCUT2D eigenvalue weighted by Gasteiger charge is 2.25. The Bertz CT molecular complexity index is 1230. The molecule has 0 spiro atoms. The highest BCUT2D eigenvalue weighted by atomic mass is 16.5. The minimum Gasteiger partial charge on any atom is -0.469 e. The molecule has 0 N–H and O–H groups in total. The lowest BCUT2D eigenvalue weighted by molar-refractivity contribution is -0.141. The fourth-order valence-electron chi connectivity index (χ4n) is 5.58. The van der Waals surface area contributed by atoms with Gasteiger partial charge in [0.25, 0.3) is 0 Å². The number of esters is 1. The summed E-state index contributed by atoms with van der Waals surface area (Å²) in [6.07, 6.45) is 12.6. The standard InChI is InChI=1S/C28H35N5O3/c1-36-26(34)12-9-21-7-10-24(11-8-21)32-17-18-33(28(32)35)27-29-19-23-13-15-31(16-14-25(23)30-27)20-22-5-3-2-4-6-22/h2-6,17-19,21,24H,7-16,20H2,1H3. The van der Waals surface area contributed by atoms with E-state index in [0.717, 1.165) is 70.3 Å². The molecule has 1 aliphatic heterocycles. The third kappa shape index (κ3) is 5.59. The molecule has 1 fully saturated rings. The number of nitrogens with zero attached hydrogens (tertiary/aromatic N) is 5. The minimum atomic E-state index is -0.143. The van der Waals surface area contributed by atoms with E-state index < -0.39 is 0 Å². The zero-order chi connectivity index (χ0) is 24.9. The van der Waals surface area contributed by atoms with Crippen LogP contribution in [0.15, 0.2) is 53.7 Å². The predicted octanol–water partition coefficient (Wildman–Crippen LogP) is 3.71. The molecule has 36 heavy (non-hydrogen) atoms. The summed E-state index contributed by atoms with van der Waals surface area (Å²) in [4.78, 5) is 36.6. The number of fused-ring (bicyclic) bond motifs is 1. The van der Waals surface area contributed by atoms with Crippen molar-refractivity contribution in [1.82, 2.24) is 24.0 Å². The van der Waals surface area contributed by atoms with E-state index in [4.69, 9.17) is 9.72 Å². The summed E-state index contributed by atoms with van der Waals surface area (Å²) >= 11 is 0. The van der Waals surface area contributed by atoms with Gasteiger partial charge in [-0.3, -0.25) is 14.3 Å². The van der Waals surface area contributed by atoms with Crippen LogP contribution < -0.4 is 5.69 Å². The van der Waals surface area contributed by atoms with Gasteiger partial charge < -0.3 is 4.74 Å². The van der Waals surface area contributed by atoms with Gasteiger partial charge in [0, 0.05) is 57.1 Å². The molecule has 2 aliphatic rings. The van der Waals surface area contributed by atoms with Crippen molar-refractivity contribution in [3.05, 3.63) is 76.2 Å². The molecule has 190 valence electrons. The molecule has 1 saturated carbocycles. The summed E-state index contributed by atoms with van der Waals surface area (Å²) in [6, 6.07) is 10.7. The molecule has 8 nitrogen and oxygen atoms in total. The summed E-state index contributed by atoms with van der Waals surface area (Å²) in [7, 11) is 1.44. The Morgan fingerprint density at radius 3 is 2.61 bits per heavy atom. The quantitative estimate of drug-likeness (QED) is 0.471. The van der Waals surface area contributed by atoms with E-state index >= 15 is 0 Å². The van der Waals surface area contributed by atoms with Crippen LogP contribution in [-0.2, 0) is 28.9 Å². The van der Waals surface area contributed by atoms with Gasteiger partial charge in [-0.2, -0.15) is 0 Å². The van der Waals surface area contributed by atoms with Crippen molar-refractivity contribution in [3.8, 4) is 5.95 Å². The molecular weight excluding hydrogens is 454 g/mol. The Hall–Kier alpha value is -3.26. The van der Waals surface area contributed by atoms with E-state index in [0.29, 0.717) is 18.3 Å². The van der Waals surface area contributed by atoms with Crippen LogP contribution in [-0.4, -0.2) is 50.2 Å². The van der Waals surface area contributed by atoms with Gasteiger partial charge in [-0.05, 0) is 55.6 Å². The third-order valence-corrected chi connectivity index (χ3v) is 7.77. The van der Waals surface area contributed by atoms with Crippen LogP contribution in [0.3, 0.4) is 0 Å². The van der Waals surface area contributed by atoms with E-state index in [9.17, 15) is 9.59 Å². The van der Waals surface area contributed by atoms with Gasteiger partial charge in [-0.25, -0.2) is 19.3 Å². The van der Waals surface area contributed by atoms with Crippen LogP contribution in [0, 0.1) is 5.92 Å². The number of imidazole rings is 1. The summed E-state index contributed by atoms with van der Waals surface area (Å²) in [5.74, 6) is 0.836. The Morgan fingerprint density at radius 2 is 1.83 bits per heavy atom. The van der Waals surface area contributed by atoms with Crippen LogP contribution in [0.2, 0.25) is 0 Å². The van der Waals surface area contributed by atoms with Crippen molar-refractivity contribution in [3.63, 3.8) is 0 Å². The fraction of sp³-hybridized carbons (Fsp3) is 0.500. The van der Waals surface area contributed by atoms with Crippen LogP contribution in [0.25, 0.3) is 5.95 Å². The van der Waals surface area contributed by atoms with E-state index in [1.807, 2.05) is 23.0 Å². The maximum Gasteiger partial charge on any atom is 0.335 e. The van der Waals surface area contributed by atoms with Gasteiger partial charge in [0.1, 0.15) is 0 Å². The SMILES string of the molecule is COC(=O)CCC1CCC(n2ccn(-c3ncc4c(n3)CCN(Cc3ccccc3)CC4)c2=O)CC1. The second-order valence-electron chi connectivity index (χ2n) is 10.1. The molecule has 0 radical (unpaired) electrons. The summed E-state index contributed by atoms with van der Waals surface area (Å²) in [6.45, 7) is 2.85. The molecule has 1 aromatic carbocycles. The monoisotopic (exact) mass is 489 g/mol. The topological polar surface area (TPSA) is 82.2 Å². The molecule has 0 saturated heterocycles. The minimum absolute atomic E-state index is 0.0766. The largest absolute Gasteiger partial charge is 0.469 e. The first-order valence-electron chi connectivity index (χ1n) is 13.1. The Labute approximate surface area is 211 Å². The van der Waals surface area contributed by atoms with Gasteiger partial charge in [-0.15, -0.1) is 0 Å². The first-order valence-corrected chi connectivity index (χ1v) is 13.1. The summed E-state index contributed by atoms with van der Waals surface area (Å²) < 4.78 is 8.18. The first kappa shape index (κ1) is 24.4. The van der Waals surface area contributed by atoms with Gasteiger partial charge in [-0.1, -0.05) is 30.3 Å². The highest BCUT2D eigenvalue weighted by Crippen LogP contribution is 2.34. The molecule has 2 aromatic heterocycles. The zero-order valence-electron chi connectivity index (χ0n) is 21.0. The second-order valence-corrected chi connectivity index (χ2v) is 10.1. The number of hydrogen-bond donors (Lipinski definition) is 0. The molecule has 3 aromatic rings. The fourth-order valence-corrected chi connectivity index (χ4v) is 5.58. The van der Waals surface area contributed by atoms with E-state index in [1.54, 1.807) is 10.8 Å². The molecule has 0 amide bonds. The number of benzene rings is 1. The van der Waals surface area contributed by atoms with Crippen molar-refractivity contribution >= 4 is 5.97 Å². The average molecular weight is 490 g/mol. The van der Waals surface area contributed by atoms with Crippen molar-refractivity contribution in [2.24, 2.45) is 5.92 Å². The van der Waals surface area contributed by atoms with Gasteiger partial charge >= 0.3 is 11.7 Å². The maximum absolute atomic E-state index is 13.3. The van der Waals surface area contributed by atoms with Crippen LogP contribution in [0.5, 0.6) is 0 Å². The zero-order valence-corrected chi connectivity index (χ0v) is 21.0. The molecule has 1 aliphatic carbocycles.